The molecule has 1 rings (SSSR count). The van der Waals surface area contributed by atoms with Crippen molar-refractivity contribution in [2.75, 3.05) is 11.5 Å². The lowest BCUT2D eigenvalue weighted by Gasteiger charge is -2.35. The van der Waals surface area contributed by atoms with Crippen LogP contribution in [0.2, 0.25) is 0 Å². The summed E-state index contributed by atoms with van der Waals surface area (Å²) in [6.45, 7) is 9.15. The number of thioether (sulfide) groups is 1. The van der Waals surface area contributed by atoms with Gasteiger partial charge in [-0.25, -0.2) is 0 Å². The Morgan fingerprint density at radius 1 is 1.36 bits per heavy atom. The van der Waals surface area contributed by atoms with Gasteiger partial charge in [0.25, 0.3) is 0 Å². The van der Waals surface area contributed by atoms with Gasteiger partial charge in [-0.2, -0.15) is 11.8 Å². The van der Waals surface area contributed by atoms with Gasteiger partial charge in [0, 0.05) is 23.6 Å². The zero-order valence-corrected chi connectivity index (χ0v) is 8.79. The summed E-state index contributed by atoms with van der Waals surface area (Å²) in [6, 6.07) is 1.42. The van der Waals surface area contributed by atoms with Gasteiger partial charge in [-0.3, -0.25) is 0 Å². The molecule has 1 fully saturated rings. The minimum atomic E-state index is 0.403. The van der Waals surface area contributed by atoms with Gasteiger partial charge in [0.05, 0.1) is 0 Å². The van der Waals surface area contributed by atoms with E-state index < -0.39 is 0 Å². The monoisotopic (exact) mass is 173 g/mol. The van der Waals surface area contributed by atoms with E-state index in [1.807, 2.05) is 11.8 Å². The van der Waals surface area contributed by atoms with Crippen molar-refractivity contribution < 1.29 is 0 Å². The molecule has 0 bridgehead atoms. The van der Waals surface area contributed by atoms with Gasteiger partial charge in [-0.15, -0.1) is 0 Å². The third kappa shape index (κ3) is 2.68. The van der Waals surface area contributed by atoms with Crippen molar-refractivity contribution in [1.82, 2.24) is 5.32 Å². The largest absolute Gasteiger partial charge is 0.309 e. The van der Waals surface area contributed by atoms with Gasteiger partial charge in [-0.1, -0.05) is 20.8 Å². The molecule has 0 radical (unpaired) electrons. The van der Waals surface area contributed by atoms with Crippen LogP contribution in [0.4, 0.5) is 0 Å². The van der Waals surface area contributed by atoms with E-state index in [9.17, 15) is 0 Å². The first-order valence-electron chi connectivity index (χ1n) is 4.34. The first-order chi connectivity index (χ1) is 5.00. The highest BCUT2D eigenvalue weighted by atomic mass is 32.2. The smallest absolute Gasteiger partial charge is 0.0251 e. The maximum absolute atomic E-state index is 3.64. The Kier molecular flexibility index (Phi) is 2.87. The van der Waals surface area contributed by atoms with E-state index in [2.05, 4.69) is 33.0 Å². The van der Waals surface area contributed by atoms with E-state index in [1.165, 1.54) is 11.5 Å². The molecule has 1 unspecified atom stereocenters. The summed E-state index contributed by atoms with van der Waals surface area (Å²) < 4.78 is 0. The molecule has 1 atom stereocenters. The SMILES string of the molecule is CC(NC1CSC1)C(C)(C)C. The summed E-state index contributed by atoms with van der Waals surface area (Å²) in [6.07, 6.45) is 0. The van der Waals surface area contributed by atoms with Crippen LogP contribution in [0.5, 0.6) is 0 Å². The Bertz CT molecular complexity index is 124. The molecular formula is C9H19NS. The van der Waals surface area contributed by atoms with Crippen molar-refractivity contribution in [2.24, 2.45) is 5.41 Å². The molecule has 0 saturated carbocycles. The molecule has 1 saturated heterocycles. The first kappa shape index (κ1) is 9.40. The molecule has 1 aliphatic rings. The van der Waals surface area contributed by atoms with Crippen molar-refractivity contribution in [2.45, 2.75) is 39.8 Å². The molecular weight excluding hydrogens is 154 g/mol. The predicted molar refractivity (Wildman–Crippen MR) is 53.2 cm³/mol. The van der Waals surface area contributed by atoms with E-state index in [-0.39, 0.29) is 0 Å². The van der Waals surface area contributed by atoms with Gasteiger partial charge < -0.3 is 5.32 Å². The molecule has 1 nitrogen and oxygen atoms in total. The quantitative estimate of drug-likeness (QED) is 0.686. The normalized spacial score (nSPS) is 22.9. The van der Waals surface area contributed by atoms with Crippen LogP contribution in [0.3, 0.4) is 0 Å². The van der Waals surface area contributed by atoms with Crippen molar-refractivity contribution in [3.05, 3.63) is 0 Å². The fraction of sp³-hybridized carbons (Fsp3) is 1.00. The minimum absolute atomic E-state index is 0.403. The zero-order valence-electron chi connectivity index (χ0n) is 7.98. The lowest BCUT2D eigenvalue weighted by molar-refractivity contribution is 0.271. The maximum atomic E-state index is 3.64. The molecule has 0 amide bonds. The summed E-state index contributed by atoms with van der Waals surface area (Å²) in [7, 11) is 0. The zero-order chi connectivity index (χ0) is 8.48. The predicted octanol–water partition coefficient (Wildman–Crippen LogP) is 2.13. The number of rotatable bonds is 2. The Balaban J connectivity index is 2.24. The number of hydrogen-bond donors (Lipinski definition) is 1. The summed E-state index contributed by atoms with van der Waals surface area (Å²) in [5.74, 6) is 2.61. The van der Waals surface area contributed by atoms with Crippen LogP contribution < -0.4 is 5.32 Å². The second-order valence-electron chi connectivity index (χ2n) is 4.49. The third-order valence-corrected chi connectivity index (χ3v) is 3.70. The lowest BCUT2D eigenvalue weighted by Crippen LogP contribution is -2.49. The van der Waals surface area contributed by atoms with Crippen molar-refractivity contribution >= 4 is 11.8 Å². The molecule has 66 valence electrons. The maximum Gasteiger partial charge on any atom is 0.0251 e. The second kappa shape index (κ2) is 3.36. The van der Waals surface area contributed by atoms with Gasteiger partial charge in [0.1, 0.15) is 0 Å². The molecule has 11 heavy (non-hydrogen) atoms. The van der Waals surface area contributed by atoms with Crippen molar-refractivity contribution in [3.63, 3.8) is 0 Å². The summed E-state index contributed by atoms with van der Waals surface area (Å²) in [5.41, 5.74) is 0.403. The number of hydrogen-bond acceptors (Lipinski definition) is 2. The lowest BCUT2D eigenvalue weighted by atomic mass is 9.88. The Hall–Kier alpha value is 0.310. The topological polar surface area (TPSA) is 12.0 Å². The molecule has 1 aliphatic heterocycles. The van der Waals surface area contributed by atoms with E-state index >= 15 is 0 Å². The molecule has 0 aliphatic carbocycles. The third-order valence-electron chi connectivity index (χ3n) is 2.42. The Morgan fingerprint density at radius 2 is 1.91 bits per heavy atom. The highest BCUT2D eigenvalue weighted by molar-refractivity contribution is 8.00. The molecule has 1 N–H and O–H groups in total. The van der Waals surface area contributed by atoms with Crippen LogP contribution in [0.25, 0.3) is 0 Å². The van der Waals surface area contributed by atoms with E-state index in [4.69, 9.17) is 0 Å². The standard InChI is InChI=1S/C9H19NS/c1-7(9(2,3)4)10-8-5-11-6-8/h7-8,10H,5-6H2,1-4H3. The summed E-state index contributed by atoms with van der Waals surface area (Å²) in [5, 5.41) is 3.64. The van der Waals surface area contributed by atoms with Crippen LogP contribution in [0.15, 0.2) is 0 Å². The van der Waals surface area contributed by atoms with Gasteiger partial charge in [0.15, 0.2) is 0 Å². The molecule has 0 aromatic heterocycles. The molecule has 0 aromatic rings. The molecule has 2 heteroatoms. The average Bonchev–Trinajstić information content (AvgIpc) is 1.75. The van der Waals surface area contributed by atoms with E-state index in [0.29, 0.717) is 11.5 Å². The first-order valence-corrected chi connectivity index (χ1v) is 5.49. The number of nitrogens with one attached hydrogen (secondary N) is 1. The van der Waals surface area contributed by atoms with Crippen LogP contribution >= 0.6 is 11.8 Å². The minimum Gasteiger partial charge on any atom is -0.309 e. The summed E-state index contributed by atoms with van der Waals surface area (Å²) >= 11 is 2.04. The van der Waals surface area contributed by atoms with Crippen LogP contribution in [-0.2, 0) is 0 Å². The van der Waals surface area contributed by atoms with E-state index in [0.717, 1.165) is 6.04 Å². The Morgan fingerprint density at radius 3 is 2.18 bits per heavy atom. The van der Waals surface area contributed by atoms with Crippen LogP contribution in [0, 0.1) is 5.41 Å². The Labute approximate surface area is 74.3 Å². The van der Waals surface area contributed by atoms with Gasteiger partial charge in [0.2, 0.25) is 0 Å². The second-order valence-corrected chi connectivity index (χ2v) is 5.56. The fourth-order valence-electron chi connectivity index (χ4n) is 0.935. The van der Waals surface area contributed by atoms with Crippen LogP contribution in [0.1, 0.15) is 27.7 Å². The molecule has 0 aromatic carbocycles. The van der Waals surface area contributed by atoms with Crippen molar-refractivity contribution in [3.8, 4) is 0 Å². The van der Waals surface area contributed by atoms with Gasteiger partial charge in [-0.05, 0) is 12.3 Å². The molecule has 0 spiro atoms. The average molecular weight is 173 g/mol. The highest BCUT2D eigenvalue weighted by Gasteiger charge is 2.25. The van der Waals surface area contributed by atoms with Crippen LogP contribution in [-0.4, -0.2) is 23.6 Å². The van der Waals surface area contributed by atoms with Crippen molar-refractivity contribution in [1.29, 1.82) is 0 Å². The van der Waals surface area contributed by atoms with E-state index in [1.54, 1.807) is 0 Å². The van der Waals surface area contributed by atoms with Gasteiger partial charge >= 0.3 is 0 Å². The highest BCUT2D eigenvalue weighted by Crippen LogP contribution is 2.23. The molecule has 1 heterocycles. The summed E-state index contributed by atoms with van der Waals surface area (Å²) in [4.78, 5) is 0. The fourth-order valence-corrected chi connectivity index (χ4v) is 1.60.